The van der Waals surface area contributed by atoms with Crippen LogP contribution in [-0.2, 0) is 0 Å². The van der Waals surface area contributed by atoms with Gasteiger partial charge in [-0.25, -0.2) is 9.59 Å². The van der Waals surface area contributed by atoms with Crippen molar-refractivity contribution in [3.63, 3.8) is 0 Å². The van der Waals surface area contributed by atoms with Crippen LogP contribution in [0.5, 0.6) is 0 Å². The van der Waals surface area contributed by atoms with Crippen molar-refractivity contribution >= 4 is 12.1 Å². The lowest BCUT2D eigenvalue weighted by molar-refractivity contribution is 0.244. The molecule has 1 aliphatic carbocycles. The van der Waals surface area contributed by atoms with Crippen LogP contribution in [0.3, 0.4) is 0 Å². The van der Waals surface area contributed by atoms with Crippen LogP contribution in [0.2, 0.25) is 0 Å². The van der Waals surface area contributed by atoms with Crippen molar-refractivity contribution in [3.8, 4) is 0 Å². The van der Waals surface area contributed by atoms with Crippen LogP contribution in [0, 0.1) is 0 Å². The van der Waals surface area contributed by atoms with E-state index in [9.17, 15) is 9.59 Å². The van der Waals surface area contributed by atoms with Gasteiger partial charge in [-0.3, -0.25) is 0 Å². The Morgan fingerprint density at radius 3 is 1.69 bits per heavy atom. The first kappa shape index (κ1) is 9.63. The second kappa shape index (κ2) is 3.97. The molecule has 4 amide bonds. The molecule has 0 aromatic heterocycles. The first-order valence-corrected chi connectivity index (χ1v) is 4.20. The summed E-state index contributed by atoms with van der Waals surface area (Å²) in [6, 6.07) is -0.918. The quantitative estimate of drug-likeness (QED) is 0.454. The minimum absolute atomic E-state index is 0.0642. The number of hydrogen-bond acceptors (Lipinski definition) is 2. The Bertz CT molecular complexity index is 197. The van der Waals surface area contributed by atoms with Crippen LogP contribution < -0.4 is 22.1 Å². The summed E-state index contributed by atoms with van der Waals surface area (Å²) < 4.78 is 0. The zero-order valence-electron chi connectivity index (χ0n) is 7.25. The molecule has 0 bridgehead atoms. The van der Waals surface area contributed by atoms with E-state index in [2.05, 4.69) is 10.6 Å². The summed E-state index contributed by atoms with van der Waals surface area (Å²) >= 11 is 0. The van der Waals surface area contributed by atoms with Gasteiger partial charge in [0, 0.05) is 12.1 Å². The molecule has 2 atom stereocenters. The molecule has 6 nitrogen and oxygen atoms in total. The lowest BCUT2D eigenvalue weighted by Gasteiger charge is -2.11. The van der Waals surface area contributed by atoms with Gasteiger partial charge in [0.1, 0.15) is 0 Å². The average Bonchev–Trinajstić information content (AvgIpc) is 2.33. The van der Waals surface area contributed by atoms with Gasteiger partial charge in [0.05, 0.1) is 0 Å². The first-order chi connectivity index (χ1) is 6.08. The molecule has 1 rings (SSSR count). The smallest absolute Gasteiger partial charge is 0.312 e. The van der Waals surface area contributed by atoms with Crippen molar-refractivity contribution in [2.45, 2.75) is 31.3 Å². The van der Waals surface area contributed by atoms with Gasteiger partial charge in [-0.15, -0.1) is 0 Å². The number of carbonyl (C=O) groups excluding carboxylic acids is 2. The molecule has 0 saturated heterocycles. The fraction of sp³-hybridized carbons (Fsp3) is 0.714. The molecule has 1 saturated carbocycles. The molecule has 6 N–H and O–H groups in total. The number of urea groups is 2. The lowest BCUT2D eigenvalue weighted by Crippen LogP contribution is -2.40. The maximum atomic E-state index is 10.5. The van der Waals surface area contributed by atoms with E-state index in [1.807, 2.05) is 0 Å². The van der Waals surface area contributed by atoms with Gasteiger partial charge in [-0.2, -0.15) is 0 Å². The van der Waals surface area contributed by atoms with Crippen LogP contribution in [0.15, 0.2) is 0 Å². The van der Waals surface area contributed by atoms with Gasteiger partial charge >= 0.3 is 12.1 Å². The molecule has 0 aromatic rings. The number of nitrogens with two attached hydrogens (primary N) is 2. The van der Waals surface area contributed by atoms with E-state index in [1.54, 1.807) is 0 Å². The Kier molecular flexibility index (Phi) is 2.94. The summed E-state index contributed by atoms with van der Waals surface area (Å²) in [5.41, 5.74) is 9.91. The second-order valence-corrected chi connectivity index (χ2v) is 3.22. The topological polar surface area (TPSA) is 110 Å². The summed E-state index contributed by atoms with van der Waals surface area (Å²) in [6.45, 7) is 0. The molecule has 1 aliphatic rings. The molecule has 0 heterocycles. The van der Waals surface area contributed by atoms with Crippen molar-refractivity contribution in [2.24, 2.45) is 11.5 Å². The molecule has 13 heavy (non-hydrogen) atoms. The largest absolute Gasteiger partial charge is 0.352 e. The van der Waals surface area contributed by atoms with E-state index in [0.29, 0.717) is 6.42 Å². The Labute approximate surface area is 76.0 Å². The summed E-state index contributed by atoms with van der Waals surface area (Å²) in [7, 11) is 0. The molecule has 0 spiro atoms. The van der Waals surface area contributed by atoms with Crippen LogP contribution in [0.1, 0.15) is 19.3 Å². The van der Waals surface area contributed by atoms with Crippen molar-refractivity contribution in [2.75, 3.05) is 0 Å². The van der Waals surface area contributed by atoms with E-state index < -0.39 is 12.1 Å². The predicted octanol–water partition coefficient (Wildman–Crippen LogP) is -0.756. The van der Waals surface area contributed by atoms with Crippen LogP contribution in [0.25, 0.3) is 0 Å². The highest BCUT2D eigenvalue weighted by Gasteiger charge is 2.25. The van der Waals surface area contributed by atoms with Gasteiger partial charge in [-0.1, -0.05) is 0 Å². The van der Waals surface area contributed by atoms with E-state index in [-0.39, 0.29) is 12.1 Å². The van der Waals surface area contributed by atoms with Gasteiger partial charge in [0.2, 0.25) is 0 Å². The minimum atomic E-state index is -0.523. The monoisotopic (exact) mass is 186 g/mol. The molecule has 0 aromatic carbocycles. The first-order valence-electron chi connectivity index (χ1n) is 4.20. The molecule has 0 radical (unpaired) electrons. The Morgan fingerprint density at radius 2 is 1.38 bits per heavy atom. The maximum Gasteiger partial charge on any atom is 0.312 e. The molecule has 0 aliphatic heterocycles. The fourth-order valence-corrected chi connectivity index (χ4v) is 1.65. The Hall–Kier alpha value is -1.46. The van der Waals surface area contributed by atoms with Crippen LogP contribution >= 0.6 is 0 Å². The van der Waals surface area contributed by atoms with Crippen LogP contribution in [0.4, 0.5) is 9.59 Å². The van der Waals surface area contributed by atoms with Crippen molar-refractivity contribution in [1.82, 2.24) is 10.6 Å². The summed E-state index contributed by atoms with van der Waals surface area (Å²) in [5, 5.41) is 5.18. The third-order valence-corrected chi connectivity index (χ3v) is 2.13. The van der Waals surface area contributed by atoms with Crippen molar-refractivity contribution in [3.05, 3.63) is 0 Å². The number of rotatable bonds is 2. The lowest BCUT2D eigenvalue weighted by atomic mass is 10.2. The minimum Gasteiger partial charge on any atom is -0.352 e. The summed E-state index contributed by atoms with van der Waals surface area (Å²) in [5.74, 6) is 0. The van der Waals surface area contributed by atoms with Gasteiger partial charge < -0.3 is 22.1 Å². The molecule has 6 heteroatoms. The molecular weight excluding hydrogens is 172 g/mol. The number of hydrogen-bond donors (Lipinski definition) is 4. The SMILES string of the molecule is NC(=O)NC1CCC(NC(N)=O)C1. The molecular formula is C7H14N4O2. The number of nitrogens with one attached hydrogen (secondary N) is 2. The van der Waals surface area contributed by atoms with Crippen molar-refractivity contribution in [1.29, 1.82) is 0 Å². The van der Waals surface area contributed by atoms with E-state index in [4.69, 9.17) is 11.5 Å². The maximum absolute atomic E-state index is 10.5. The van der Waals surface area contributed by atoms with Gasteiger partial charge in [0.15, 0.2) is 0 Å². The third-order valence-electron chi connectivity index (χ3n) is 2.13. The van der Waals surface area contributed by atoms with E-state index >= 15 is 0 Å². The van der Waals surface area contributed by atoms with E-state index in [1.165, 1.54) is 0 Å². The predicted molar refractivity (Wildman–Crippen MR) is 46.9 cm³/mol. The highest BCUT2D eigenvalue weighted by Crippen LogP contribution is 2.18. The molecule has 1 fully saturated rings. The summed E-state index contributed by atoms with van der Waals surface area (Å²) in [4.78, 5) is 21.0. The molecule has 2 unspecified atom stereocenters. The van der Waals surface area contributed by atoms with E-state index in [0.717, 1.165) is 12.8 Å². The Morgan fingerprint density at radius 1 is 1.00 bits per heavy atom. The van der Waals surface area contributed by atoms with Gasteiger partial charge in [0.25, 0.3) is 0 Å². The van der Waals surface area contributed by atoms with Crippen LogP contribution in [-0.4, -0.2) is 24.1 Å². The Balaban J connectivity index is 2.27. The number of carbonyl (C=O) groups is 2. The van der Waals surface area contributed by atoms with Crippen molar-refractivity contribution < 1.29 is 9.59 Å². The average molecular weight is 186 g/mol. The second-order valence-electron chi connectivity index (χ2n) is 3.22. The zero-order chi connectivity index (χ0) is 9.84. The normalized spacial score (nSPS) is 26.8. The molecule has 74 valence electrons. The summed E-state index contributed by atoms with van der Waals surface area (Å²) in [6.07, 6.45) is 2.35. The fourth-order valence-electron chi connectivity index (χ4n) is 1.65. The highest BCUT2D eigenvalue weighted by molar-refractivity contribution is 5.72. The number of primary amides is 2. The standard InChI is InChI=1S/C7H14N4O2/c8-6(12)10-4-1-2-5(3-4)11-7(9)13/h4-5H,1-3H2,(H3,8,10,12)(H3,9,11,13). The zero-order valence-corrected chi connectivity index (χ0v) is 7.25. The van der Waals surface area contributed by atoms with Gasteiger partial charge in [-0.05, 0) is 19.3 Å². The highest BCUT2D eigenvalue weighted by atomic mass is 16.2. The third kappa shape index (κ3) is 3.18. The number of amides is 4.